The fourth-order valence-electron chi connectivity index (χ4n) is 1.80. The summed E-state index contributed by atoms with van der Waals surface area (Å²) in [5.74, 6) is 0. The van der Waals surface area contributed by atoms with Crippen molar-refractivity contribution in [3.63, 3.8) is 0 Å². The predicted molar refractivity (Wildman–Crippen MR) is 63.0 cm³/mol. The highest BCUT2D eigenvalue weighted by molar-refractivity contribution is 9.09. The summed E-state index contributed by atoms with van der Waals surface area (Å²) in [4.78, 5) is 25.1. The Morgan fingerprint density at radius 3 is 2.94 bits per heavy atom. The van der Waals surface area contributed by atoms with E-state index in [2.05, 4.69) is 20.9 Å². The molecule has 2 atom stereocenters. The molecule has 1 aromatic heterocycles. The van der Waals surface area contributed by atoms with Gasteiger partial charge in [0, 0.05) is 17.1 Å². The second-order valence-electron chi connectivity index (χ2n) is 3.92. The number of alkyl halides is 1. The average Bonchev–Trinajstić information content (AvgIpc) is 2.71. The molecule has 2 heterocycles. The number of nitrogens with one attached hydrogen (secondary N) is 1. The van der Waals surface area contributed by atoms with E-state index in [1.165, 1.54) is 4.57 Å². The molecule has 0 radical (unpaired) electrons. The fraction of sp³-hybridized carbons (Fsp3) is 0.600. The summed E-state index contributed by atoms with van der Waals surface area (Å²) >= 11 is 3.35. The van der Waals surface area contributed by atoms with Crippen molar-refractivity contribution in [2.75, 3.05) is 5.33 Å². The summed E-state index contributed by atoms with van der Waals surface area (Å²) in [6.07, 6.45) is 3.15. The first-order valence-corrected chi connectivity index (χ1v) is 6.27. The van der Waals surface area contributed by atoms with E-state index in [0.717, 1.165) is 18.2 Å². The monoisotopic (exact) mass is 288 g/mol. The number of ether oxygens (including phenoxy) is 1. The maximum atomic E-state index is 11.6. The van der Waals surface area contributed by atoms with Crippen LogP contribution in [-0.4, -0.2) is 21.0 Å². The van der Waals surface area contributed by atoms with Crippen molar-refractivity contribution in [3.8, 4) is 0 Å². The Kier molecular flexibility index (Phi) is 3.30. The quantitative estimate of drug-likeness (QED) is 0.823. The molecule has 1 saturated heterocycles. The molecule has 0 spiro atoms. The smallest absolute Gasteiger partial charge is 0.330 e. The lowest BCUT2D eigenvalue weighted by molar-refractivity contribution is 0.0104. The molecule has 16 heavy (non-hydrogen) atoms. The Bertz CT molecular complexity index is 494. The lowest BCUT2D eigenvalue weighted by Crippen LogP contribution is -2.33. The summed E-state index contributed by atoms with van der Waals surface area (Å²) in [7, 11) is 0. The van der Waals surface area contributed by atoms with Crippen molar-refractivity contribution in [1.82, 2.24) is 9.55 Å². The maximum absolute atomic E-state index is 11.6. The largest absolute Gasteiger partial charge is 0.354 e. The van der Waals surface area contributed by atoms with Gasteiger partial charge < -0.3 is 4.74 Å². The maximum Gasteiger partial charge on any atom is 0.330 e. The molecular formula is C10H13BrN2O3. The molecule has 0 bridgehead atoms. The Morgan fingerprint density at radius 2 is 2.31 bits per heavy atom. The molecule has 1 aliphatic heterocycles. The minimum Gasteiger partial charge on any atom is -0.354 e. The van der Waals surface area contributed by atoms with Crippen LogP contribution in [0.25, 0.3) is 0 Å². The van der Waals surface area contributed by atoms with Gasteiger partial charge in [-0.05, 0) is 19.8 Å². The van der Waals surface area contributed by atoms with Crippen molar-refractivity contribution in [3.05, 3.63) is 32.6 Å². The number of aryl methyl sites for hydroxylation is 1. The first kappa shape index (κ1) is 11.6. The van der Waals surface area contributed by atoms with Crippen molar-refractivity contribution in [1.29, 1.82) is 0 Å². The second-order valence-corrected chi connectivity index (χ2v) is 4.57. The molecule has 0 saturated carbocycles. The van der Waals surface area contributed by atoms with Crippen LogP contribution in [0.5, 0.6) is 0 Å². The molecule has 6 heteroatoms. The molecule has 88 valence electrons. The first-order chi connectivity index (χ1) is 7.61. The van der Waals surface area contributed by atoms with Gasteiger partial charge in [-0.2, -0.15) is 0 Å². The highest BCUT2D eigenvalue weighted by Gasteiger charge is 2.26. The van der Waals surface area contributed by atoms with E-state index >= 15 is 0 Å². The summed E-state index contributed by atoms with van der Waals surface area (Å²) in [5.41, 5.74) is -0.224. The number of hydrogen-bond donors (Lipinski definition) is 1. The lowest BCUT2D eigenvalue weighted by atomic mass is 10.2. The standard InChI is InChI=1S/C10H13BrN2O3/c1-6-5-13(10(15)12-9(6)14)8-3-2-7(4-11)16-8/h5,7-8H,2-4H2,1H3,(H,12,14,15)/t7-,8+/m0/s1. The highest BCUT2D eigenvalue weighted by Crippen LogP contribution is 2.27. The number of hydrogen-bond acceptors (Lipinski definition) is 3. The fourth-order valence-corrected chi connectivity index (χ4v) is 2.28. The molecule has 1 aromatic rings. The van der Waals surface area contributed by atoms with Crippen LogP contribution >= 0.6 is 15.9 Å². The summed E-state index contributed by atoms with van der Waals surface area (Å²) in [6.45, 7) is 1.67. The zero-order valence-electron chi connectivity index (χ0n) is 8.90. The molecule has 5 nitrogen and oxygen atoms in total. The number of halogens is 1. The predicted octanol–water partition coefficient (Wildman–Crippen LogP) is 0.918. The van der Waals surface area contributed by atoms with Crippen LogP contribution < -0.4 is 11.2 Å². The van der Waals surface area contributed by atoms with Crippen LogP contribution in [0.4, 0.5) is 0 Å². The van der Waals surface area contributed by atoms with Gasteiger partial charge >= 0.3 is 5.69 Å². The van der Waals surface area contributed by atoms with Gasteiger partial charge in [0.25, 0.3) is 5.56 Å². The Hall–Kier alpha value is -0.880. The van der Waals surface area contributed by atoms with Crippen LogP contribution in [0.1, 0.15) is 24.6 Å². The highest BCUT2D eigenvalue weighted by atomic mass is 79.9. The van der Waals surface area contributed by atoms with Crippen molar-refractivity contribution in [2.45, 2.75) is 32.1 Å². The Labute approximate surface area is 101 Å². The number of nitrogens with zero attached hydrogens (tertiary/aromatic N) is 1. The van der Waals surface area contributed by atoms with Crippen LogP contribution in [0, 0.1) is 6.92 Å². The Morgan fingerprint density at radius 1 is 1.56 bits per heavy atom. The molecule has 1 N–H and O–H groups in total. The SMILES string of the molecule is Cc1cn([C@H]2CC[C@@H](CBr)O2)c(=O)[nH]c1=O. The molecule has 1 fully saturated rings. The van der Waals surface area contributed by atoms with Gasteiger partial charge in [0.1, 0.15) is 6.23 Å². The van der Waals surface area contributed by atoms with E-state index in [9.17, 15) is 9.59 Å². The summed E-state index contributed by atoms with van der Waals surface area (Å²) < 4.78 is 7.12. The van der Waals surface area contributed by atoms with Crippen LogP contribution in [0.3, 0.4) is 0 Å². The van der Waals surface area contributed by atoms with E-state index in [1.54, 1.807) is 13.1 Å². The molecule has 2 rings (SSSR count). The first-order valence-electron chi connectivity index (χ1n) is 5.15. The van der Waals surface area contributed by atoms with Gasteiger partial charge in [0.2, 0.25) is 0 Å². The number of aromatic amines is 1. The second kappa shape index (κ2) is 4.55. The number of aromatic nitrogens is 2. The van der Waals surface area contributed by atoms with E-state index in [1.807, 2.05) is 0 Å². The van der Waals surface area contributed by atoms with Crippen LogP contribution in [0.15, 0.2) is 15.8 Å². The summed E-state index contributed by atoms with van der Waals surface area (Å²) in [6, 6.07) is 0. The molecule has 0 unspecified atom stereocenters. The van der Waals surface area contributed by atoms with E-state index in [4.69, 9.17) is 4.74 Å². The third-order valence-electron chi connectivity index (χ3n) is 2.71. The van der Waals surface area contributed by atoms with Crippen molar-refractivity contribution < 1.29 is 4.74 Å². The molecule has 1 aliphatic rings. The topological polar surface area (TPSA) is 64.1 Å². The lowest BCUT2D eigenvalue weighted by Gasteiger charge is -2.14. The Balaban J connectivity index is 2.32. The average molecular weight is 289 g/mol. The number of rotatable bonds is 2. The zero-order valence-corrected chi connectivity index (χ0v) is 10.5. The number of H-pyrrole nitrogens is 1. The van der Waals surface area contributed by atoms with E-state index in [-0.39, 0.29) is 17.9 Å². The molecule has 0 aromatic carbocycles. The normalized spacial score (nSPS) is 24.9. The zero-order chi connectivity index (χ0) is 11.7. The van der Waals surface area contributed by atoms with E-state index in [0.29, 0.717) is 5.56 Å². The van der Waals surface area contributed by atoms with Crippen molar-refractivity contribution >= 4 is 15.9 Å². The van der Waals surface area contributed by atoms with Crippen molar-refractivity contribution in [2.24, 2.45) is 0 Å². The third kappa shape index (κ3) is 2.12. The minimum absolute atomic E-state index is 0.143. The van der Waals surface area contributed by atoms with Gasteiger partial charge in [-0.15, -0.1) is 0 Å². The van der Waals surface area contributed by atoms with Gasteiger partial charge in [0.15, 0.2) is 0 Å². The van der Waals surface area contributed by atoms with Crippen LogP contribution in [-0.2, 0) is 4.74 Å². The van der Waals surface area contributed by atoms with Gasteiger partial charge in [0.05, 0.1) is 6.10 Å². The van der Waals surface area contributed by atoms with Gasteiger partial charge in [-0.3, -0.25) is 14.3 Å². The third-order valence-corrected chi connectivity index (χ3v) is 3.44. The molecule has 0 amide bonds. The molecule has 0 aliphatic carbocycles. The van der Waals surface area contributed by atoms with E-state index < -0.39 is 5.69 Å². The van der Waals surface area contributed by atoms with Gasteiger partial charge in [-0.1, -0.05) is 15.9 Å². The minimum atomic E-state index is -0.407. The van der Waals surface area contributed by atoms with Gasteiger partial charge in [-0.25, -0.2) is 4.79 Å². The van der Waals surface area contributed by atoms with Crippen LogP contribution in [0.2, 0.25) is 0 Å². The molecular weight excluding hydrogens is 276 g/mol. The summed E-state index contributed by atoms with van der Waals surface area (Å²) in [5, 5.41) is 0.764.